The van der Waals surface area contributed by atoms with E-state index in [1.165, 1.54) is 19.3 Å². The van der Waals surface area contributed by atoms with E-state index in [2.05, 4.69) is 19.2 Å². The molecule has 1 unspecified atom stereocenters. The van der Waals surface area contributed by atoms with Gasteiger partial charge in [-0.3, -0.25) is 4.79 Å². The summed E-state index contributed by atoms with van der Waals surface area (Å²) >= 11 is 0. The van der Waals surface area contributed by atoms with Crippen LogP contribution in [0.5, 0.6) is 5.75 Å². The van der Waals surface area contributed by atoms with Crippen molar-refractivity contribution in [2.75, 3.05) is 13.7 Å². The highest BCUT2D eigenvalue weighted by Gasteiger charge is 2.15. The van der Waals surface area contributed by atoms with Crippen LogP contribution in [0.1, 0.15) is 71.4 Å². The number of carboxylic acids is 1. The molecule has 1 heterocycles. The molecule has 2 aromatic carbocycles. The molecule has 3 rings (SSSR count). The number of unbranched alkanes of at least 4 members (excludes halogenated alkanes) is 2. The van der Waals surface area contributed by atoms with E-state index in [9.17, 15) is 14.7 Å². The Morgan fingerprint density at radius 2 is 1.85 bits per heavy atom. The van der Waals surface area contributed by atoms with Crippen LogP contribution in [0.15, 0.2) is 42.6 Å². The van der Waals surface area contributed by atoms with Gasteiger partial charge in [-0.1, -0.05) is 39.2 Å². The Kier molecular flexibility index (Phi) is 8.15. The minimum absolute atomic E-state index is 0.0579. The standard InChI is InChI=1S/C27H34N2O4/c1-5-6-7-8-18(2)16-28-26(30)20-11-12-24-23(14-20)22(17-29(24)3)13-19-9-10-21(27(31)32)15-25(19)33-4/h9-12,14-15,17-18H,5-8,13,16H2,1-4H3,(H,28,30)(H,31,32). The molecule has 1 amide bonds. The second-order valence-electron chi connectivity index (χ2n) is 8.82. The molecule has 2 N–H and O–H groups in total. The molecule has 33 heavy (non-hydrogen) atoms. The third-order valence-electron chi connectivity index (χ3n) is 6.16. The molecule has 0 bridgehead atoms. The molecule has 0 fully saturated rings. The summed E-state index contributed by atoms with van der Waals surface area (Å²) in [6, 6.07) is 10.7. The minimum atomic E-state index is -0.986. The third kappa shape index (κ3) is 5.95. The van der Waals surface area contributed by atoms with Crippen molar-refractivity contribution in [3.63, 3.8) is 0 Å². The van der Waals surface area contributed by atoms with Crippen molar-refractivity contribution in [1.29, 1.82) is 0 Å². The SMILES string of the molecule is CCCCCC(C)CNC(=O)c1ccc2c(c1)c(Cc1ccc(C(=O)O)cc1OC)cn2C. The summed E-state index contributed by atoms with van der Waals surface area (Å²) in [6.07, 6.45) is 7.37. The molecule has 0 radical (unpaired) electrons. The molecule has 0 aliphatic rings. The van der Waals surface area contributed by atoms with E-state index < -0.39 is 5.97 Å². The Balaban J connectivity index is 1.80. The van der Waals surface area contributed by atoms with E-state index in [-0.39, 0.29) is 11.5 Å². The summed E-state index contributed by atoms with van der Waals surface area (Å²) in [5.41, 5.74) is 3.82. The molecule has 6 heteroatoms. The molecule has 0 saturated carbocycles. The number of methoxy groups -OCH3 is 1. The number of carbonyl (C=O) groups excluding carboxylic acids is 1. The Morgan fingerprint density at radius 3 is 2.55 bits per heavy atom. The van der Waals surface area contributed by atoms with Crippen molar-refractivity contribution in [2.24, 2.45) is 13.0 Å². The quantitative estimate of drug-likeness (QED) is 0.382. The highest BCUT2D eigenvalue weighted by atomic mass is 16.5. The van der Waals surface area contributed by atoms with E-state index in [0.717, 1.165) is 28.5 Å². The van der Waals surface area contributed by atoms with Gasteiger partial charge in [-0.25, -0.2) is 4.79 Å². The maximum Gasteiger partial charge on any atom is 0.335 e. The number of ether oxygens (including phenoxy) is 1. The van der Waals surface area contributed by atoms with Crippen LogP contribution in [0, 0.1) is 5.92 Å². The second kappa shape index (κ2) is 11.0. The zero-order valence-corrected chi connectivity index (χ0v) is 20.0. The van der Waals surface area contributed by atoms with Gasteiger partial charge in [-0.2, -0.15) is 0 Å². The first-order valence-corrected chi connectivity index (χ1v) is 11.6. The summed E-state index contributed by atoms with van der Waals surface area (Å²) in [7, 11) is 3.52. The van der Waals surface area contributed by atoms with Crippen molar-refractivity contribution in [2.45, 2.75) is 46.0 Å². The first kappa shape index (κ1) is 24.4. The van der Waals surface area contributed by atoms with Crippen molar-refractivity contribution in [3.8, 4) is 5.75 Å². The number of hydrogen-bond acceptors (Lipinski definition) is 3. The highest BCUT2D eigenvalue weighted by Crippen LogP contribution is 2.29. The number of amides is 1. The van der Waals surface area contributed by atoms with Gasteiger partial charge in [0.15, 0.2) is 0 Å². The summed E-state index contributed by atoms with van der Waals surface area (Å²) in [4.78, 5) is 24.1. The summed E-state index contributed by atoms with van der Waals surface area (Å²) in [5.74, 6) is -0.0478. The molecular weight excluding hydrogens is 416 g/mol. The summed E-state index contributed by atoms with van der Waals surface area (Å²) in [6.45, 7) is 5.05. The second-order valence-corrected chi connectivity index (χ2v) is 8.82. The minimum Gasteiger partial charge on any atom is -0.496 e. The van der Waals surface area contributed by atoms with Crippen LogP contribution in [0.4, 0.5) is 0 Å². The lowest BCUT2D eigenvalue weighted by Crippen LogP contribution is -2.28. The summed E-state index contributed by atoms with van der Waals surface area (Å²) < 4.78 is 7.49. The molecule has 0 aliphatic heterocycles. The van der Waals surface area contributed by atoms with Crippen LogP contribution in [0.25, 0.3) is 10.9 Å². The number of nitrogens with one attached hydrogen (secondary N) is 1. The van der Waals surface area contributed by atoms with Gasteiger partial charge in [0, 0.05) is 42.7 Å². The zero-order valence-electron chi connectivity index (χ0n) is 20.0. The largest absolute Gasteiger partial charge is 0.496 e. The van der Waals surface area contributed by atoms with Crippen LogP contribution in [-0.4, -0.2) is 35.2 Å². The lowest BCUT2D eigenvalue weighted by atomic mass is 10.0. The average molecular weight is 451 g/mol. The smallest absolute Gasteiger partial charge is 0.335 e. The van der Waals surface area contributed by atoms with Crippen molar-refractivity contribution < 1.29 is 19.4 Å². The lowest BCUT2D eigenvalue weighted by molar-refractivity contribution is 0.0696. The number of fused-ring (bicyclic) bond motifs is 1. The van der Waals surface area contributed by atoms with E-state index in [1.807, 2.05) is 36.0 Å². The van der Waals surface area contributed by atoms with Crippen molar-refractivity contribution in [3.05, 3.63) is 64.8 Å². The Hall–Kier alpha value is -3.28. The molecule has 6 nitrogen and oxygen atoms in total. The van der Waals surface area contributed by atoms with Gasteiger partial charge >= 0.3 is 5.97 Å². The Bertz CT molecular complexity index is 1130. The van der Waals surface area contributed by atoms with Gasteiger partial charge in [0.25, 0.3) is 5.91 Å². The van der Waals surface area contributed by atoms with Gasteiger partial charge in [0.2, 0.25) is 0 Å². The normalized spacial score (nSPS) is 12.0. The number of aryl methyl sites for hydroxylation is 1. The zero-order chi connectivity index (χ0) is 24.0. The predicted octanol–water partition coefficient (Wildman–Crippen LogP) is 5.42. The van der Waals surface area contributed by atoms with E-state index >= 15 is 0 Å². The van der Waals surface area contributed by atoms with Crippen LogP contribution < -0.4 is 10.1 Å². The number of nitrogens with zero attached hydrogens (tertiary/aromatic N) is 1. The van der Waals surface area contributed by atoms with Gasteiger partial charge in [-0.15, -0.1) is 0 Å². The number of benzene rings is 2. The number of hydrogen-bond donors (Lipinski definition) is 2. The van der Waals surface area contributed by atoms with Gasteiger partial charge in [0.05, 0.1) is 12.7 Å². The van der Waals surface area contributed by atoms with Crippen LogP contribution in [-0.2, 0) is 13.5 Å². The van der Waals surface area contributed by atoms with Gasteiger partial charge in [0.1, 0.15) is 5.75 Å². The fourth-order valence-corrected chi connectivity index (χ4v) is 4.20. The first-order chi connectivity index (χ1) is 15.8. The van der Waals surface area contributed by atoms with Crippen molar-refractivity contribution >= 4 is 22.8 Å². The molecule has 0 aliphatic carbocycles. The first-order valence-electron chi connectivity index (χ1n) is 11.6. The molecule has 0 saturated heterocycles. The monoisotopic (exact) mass is 450 g/mol. The van der Waals surface area contributed by atoms with E-state index in [4.69, 9.17) is 4.74 Å². The van der Waals surface area contributed by atoms with Crippen LogP contribution in [0.2, 0.25) is 0 Å². The predicted molar refractivity (Wildman–Crippen MR) is 131 cm³/mol. The fourth-order valence-electron chi connectivity index (χ4n) is 4.20. The number of rotatable bonds is 11. The maximum atomic E-state index is 12.8. The van der Waals surface area contributed by atoms with Gasteiger partial charge < -0.3 is 19.7 Å². The van der Waals surface area contributed by atoms with E-state index in [0.29, 0.717) is 30.2 Å². The fraction of sp³-hybridized carbons (Fsp3) is 0.407. The Labute approximate surface area is 195 Å². The Morgan fingerprint density at radius 1 is 1.09 bits per heavy atom. The number of carbonyl (C=O) groups is 2. The molecule has 1 atom stereocenters. The van der Waals surface area contributed by atoms with Crippen LogP contribution in [0.3, 0.4) is 0 Å². The van der Waals surface area contributed by atoms with Crippen molar-refractivity contribution in [1.82, 2.24) is 9.88 Å². The molecule has 1 aromatic heterocycles. The highest BCUT2D eigenvalue weighted by molar-refractivity contribution is 5.99. The maximum absolute atomic E-state index is 12.8. The molecule has 0 spiro atoms. The molecular formula is C27H34N2O4. The van der Waals surface area contributed by atoms with Gasteiger partial charge in [-0.05, 0) is 53.8 Å². The molecule has 176 valence electrons. The average Bonchev–Trinajstić information content (AvgIpc) is 3.12. The van der Waals surface area contributed by atoms with E-state index in [1.54, 1.807) is 25.3 Å². The lowest BCUT2D eigenvalue weighted by Gasteiger charge is -2.13. The number of aromatic carboxylic acids is 1. The number of aromatic nitrogens is 1. The summed E-state index contributed by atoms with van der Waals surface area (Å²) in [5, 5.41) is 13.3. The third-order valence-corrected chi connectivity index (χ3v) is 6.16. The van der Waals surface area contributed by atoms with Crippen LogP contribution >= 0.6 is 0 Å². The topological polar surface area (TPSA) is 80.6 Å². The molecule has 3 aromatic rings. The number of carboxylic acid groups (broad SMARTS) is 1.